The monoisotopic (exact) mass is 272 g/mol. The molecule has 5 heteroatoms. The molecule has 0 aliphatic carbocycles. The largest absolute Gasteiger partial charge is 0.442 e. The molecule has 0 spiro atoms. The summed E-state index contributed by atoms with van der Waals surface area (Å²) >= 11 is 3.26. The first-order valence-corrected chi connectivity index (χ1v) is 5.48. The highest BCUT2D eigenvalue weighted by Gasteiger charge is 2.10. The summed E-state index contributed by atoms with van der Waals surface area (Å²) in [5.74, 6) is 0. The minimum Gasteiger partial charge on any atom is -0.442 e. The third-order valence-electron chi connectivity index (χ3n) is 1.82. The van der Waals surface area contributed by atoms with Gasteiger partial charge in [0.25, 0.3) is 0 Å². The highest BCUT2D eigenvalue weighted by atomic mass is 79.9. The first-order chi connectivity index (χ1) is 7.13. The van der Waals surface area contributed by atoms with Crippen LogP contribution >= 0.6 is 15.9 Å². The molecule has 1 atom stereocenters. The van der Waals surface area contributed by atoms with Crippen LogP contribution in [0, 0.1) is 0 Å². The van der Waals surface area contributed by atoms with E-state index in [1.807, 2.05) is 26.0 Å². The van der Waals surface area contributed by atoms with Crippen molar-refractivity contribution in [2.24, 2.45) is 0 Å². The van der Waals surface area contributed by atoms with Crippen LogP contribution in [0.4, 0.5) is 4.79 Å². The number of rotatable bonds is 3. The zero-order valence-electron chi connectivity index (χ0n) is 8.66. The Morgan fingerprint density at radius 1 is 1.73 bits per heavy atom. The van der Waals surface area contributed by atoms with Gasteiger partial charge in [0.05, 0.1) is 0 Å². The van der Waals surface area contributed by atoms with Crippen LogP contribution in [-0.2, 0) is 4.74 Å². The van der Waals surface area contributed by atoms with E-state index in [4.69, 9.17) is 4.74 Å². The summed E-state index contributed by atoms with van der Waals surface area (Å²) < 4.78 is 5.86. The van der Waals surface area contributed by atoms with Crippen molar-refractivity contribution in [3.05, 3.63) is 28.5 Å². The second-order valence-corrected chi connectivity index (χ2v) is 3.80. The third-order valence-corrected chi connectivity index (χ3v) is 2.26. The van der Waals surface area contributed by atoms with E-state index in [1.54, 1.807) is 6.20 Å². The standard InChI is InChI=1S/C10H13BrN2O2/c1-3-12-10(14)15-7(2)8-4-5-13-9(11)6-8/h4-7H,3H2,1-2H3,(H,12,14)/t7-/m1/s1. The Morgan fingerprint density at radius 2 is 2.47 bits per heavy atom. The molecule has 1 aromatic rings. The molecule has 1 aromatic heterocycles. The Bertz CT molecular complexity index is 344. The van der Waals surface area contributed by atoms with Gasteiger partial charge in [-0.1, -0.05) is 0 Å². The molecule has 0 saturated carbocycles. The van der Waals surface area contributed by atoms with Gasteiger partial charge in [-0.15, -0.1) is 0 Å². The van der Waals surface area contributed by atoms with Crippen LogP contribution in [0.3, 0.4) is 0 Å². The van der Waals surface area contributed by atoms with Crippen LogP contribution < -0.4 is 5.32 Å². The van der Waals surface area contributed by atoms with Crippen molar-refractivity contribution in [2.75, 3.05) is 6.54 Å². The lowest BCUT2D eigenvalue weighted by Gasteiger charge is -2.13. The maximum atomic E-state index is 11.2. The number of alkyl carbamates (subject to hydrolysis) is 1. The van der Waals surface area contributed by atoms with Crippen LogP contribution in [0.2, 0.25) is 0 Å². The maximum Gasteiger partial charge on any atom is 0.407 e. The number of aromatic nitrogens is 1. The lowest BCUT2D eigenvalue weighted by atomic mass is 10.2. The topological polar surface area (TPSA) is 51.2 Å². The van der Waals surface area contributed by atoms with Crippen molar-refractivity contribution in [1.29, 1.82) is 0 Å². The molecule has 0 aromatic carbocycles. The zero-order valence-corrected chi connectivity index (χ0v) is 10.2. The van der Waals surface area contributed by atoms with Gasteiger partial charge in [0, 0.05) is 12.7 Å². The minimum absolute atomic E-state index is 0.282. The Balaban J connectivity index is 2.60. The number of pyridine rings is 1. The Hall–Kier alpha value is -1.10. The Kier molecular flexibility index (Phi) is 4.55. The van der Waals surface area contributed by atoms with Gasteiger partial charge in [0.2, 0.25) is 0 Å². The molecule has 0 aliphatic heterocycles. The molecule has 0 radical (unpaired) electrons. The number of carbonyl (C=O) groups excluding carboxylic acids is 1. The second-order valence-electron chi connectivity index (χ2n) is 2.99. The van der Waals surface area contributed by atoms with E-state index in [-0.39, 0.29) is 6.10 Å². The van der Waals surface area contributed by atoms with Crippen LogP contribution in [0.5, 0.6) is 0 Å². The van der Waals surface area contributed by atoms with E-state index in [0.29, 0.717) is 6.54 Å². The molecular weight excluding hydrogens is 260 g/mol. The molecule has 0 bridgehead atoms. The Labute approximate surface area is 97.2 Å². The van der Waals surface area contributed by atoms with E-state index < -0.39 is 6.09 Å². The average molecular weight is 273 g/mol. The summed E-state index contributed by atoms with van der Waals surface area (Å²) in [6, 6.07) is 3.64. The van der Waals surface area contributed by atoms with Gasteiger partial charge in [-0.25, -0.2) is 9.78 Å². The molecule has 1 amide bonds. The van der Waals surface area contributed by atoms with Crippen LogP contribution in [0.25, 0.3) is 0 Å². The summed E-state index contributed by atoms with van der Waals surface area (Å²) in [5, 5.41) is 2.57. The van der Waals surface area contributed by atoms with E-state index in [9.17, 15) is 4.79 Å². The molecule has 82 valence electrons. The zero-order chi connectivity index (χ0) is 11.3. The van der Waals surface area contributed by atoms with Gasteiger partial charge in [-0.05, 0) is 47.5 Å². The van der Waals surface area contributed by atoms with Crippen molar-refractivity contribution < 1.29 is 9.53 Å². The molecular formula is C10H13BrN2O2. The van der Waals surface area contributed by atoms with Gasteiger partial charge in [0.1, 0.15) is 10.7 Å². The molecule has 0 saturated heterocycles. The van der Waals surface area contributed by atoms with Crippen LogP contribution in [0.15, 0.2) is 22.9 Å². The summed E-state index contributed by atoms with van der Waals surface area (Å²) in [6.07, 6.45) is 0.977. The smallest absolute Gasteiger partial charge is 0.407 e. The van der Waals surface area contributed by atoms with E-state index in [1.165, 1.54) is 0 Å². The number of carbonyl (C=O) groups is 1. The number of ether oxygens (including phenoxy) is 1. The van der Waals surface area contributed by atoms with Gasteiger partial charge >= 0.3 is 6.09 Å². The van der Waals surface area contributed by atoms with E-state index in [2.05, 4.69) is 26.2 Å². The van der Waals surface area contributed by atoms with Gasteiger partial charge in [-0.3, -0.25) is 0 Å². The summed E-state index contributed by atoms with van der Waals surface area (Å²) in [4.78, 5) is 15.1. The molecule has 1 heterocycles. The predicted octanol–water partition coefficient (Wildman–Crippen LogP) is 2.65. The lowest BCUT2D eigenvalue weighted by Crippen LogP contribution is -2.24. The van der Waals surface area contributed by atoms with E-state index in [0.717, 1.165) is 10.2 Å². The molecule has 1 N–H and O–H groups in total. The van der Waals surface area contributed by atoms with Gasteiger partial charge in [0.15, 0.2) is 0 Å². The number of nitrogens with zero attached hydrogens (tertiary/aromatic N) is 1. The van der Waals surface area contributed by atoms with Crippen molar-refractivity contribution in [3.63, 3.8) is 0 Å². The highest BCUT2D eigenvalue weighted by Crippen LogP contribution is 2.18. The molecule has 4 nitrogen and oxygen atoms in total. The maximum absolute atomic E-state index is 11.2. The summed E-state index contributed by atoms with van der Waals surface area (Å²) in [5.41, 5.74) is 0.906. The quantitative estimate of drug-likeness (QED) is 0.861. The number of halogens is 1. The number of amides is 1. The van der Waals surface area contributed by atoms with Crippen LogP contribution in [-0.4, -0.2) is 17.6 Å². The average Bonchev–Trinajstić information content (AvgIpc) is 2.18. The fourth-order valence-electron chi connectivity index (χ4n) is 1.08. The molecule has 0 aliphatic rings. The number of hydrogen-bond acceptors (Lipinski definition) is 3. The normalized spacial score (nSPS) is 11.9. The van der Waals surface area contributed by atoms with E-state index >= 15 is 0 Å². The first kappa shape index (κ1) is 12.0. The number of nitrogens with one attached hydrogen (secondary N) is 1. The molecule has 15 heavy (non-hydrogen) atoms. The minimum atomic E-state index is -0.405. The SMILES string of the molecule is CCNC(=O)O[C@H](C)c1ccnc(Br)c1. The Morgan fingerprint density at radius 3 is 3.07 bits per heavy atom. The number of hydrogen-bond donors (Lipinski definition) is 1. The van der Waals surface area contributed by atoms with Crippen LogP contribution in [0.1, 0.15) is 25.5 Å². The van der Waals surface area contributed by atoms with Crippen molar-refractivity contribution in [2.45, 2.75) is 20.0 Å². The fourth-order valence-corrected chi connectivity index (χ4v) is 1.47. The predicted molar refractivity (Wildman–Crippen MR) is 60.5 cm³/mol. The molecule has 1 rings (SSSR count). The molecule has 0 unspecified atom stereocenters. The first-order valence-electron chi connectivity index (χ1n) is 4.69. The third kappa shape index (κ3) is 3.87. The van der Waals surface area contributed by atoms with Crippen molar-refractivity contribution in [1.82, 2.24) is 10.3 Å². The van der Waals surface area contributed by atoms with Gasteiger partial charge < -0.3 is 10.1 Å². The summed E-state index contributed by atoms with van der Waals surface area (Å²) in [7, 11) is 0. The fraction of sp³-hybridized carbons (Fsp3) is 0.400. The molecule has 0 fully saturated rings. The lowest BCUT2D eigenvalue weighted by molar-refractivity contribution is 0.107. The van der Waals surface area contributed by atoms with Gasteiger partial charge in [-0.2, -0.15) is 0 Å². The van der Waals surface area contributed by atoms with Crippen molar-refractivity contribution in [3.8, 4) is 0 Å². The summed E-state index contributed by atoms with van der Waals surface area (Å²) in [6.45, 7) is 4.22. The second kappa shape index (κ2) is 5.70. The highest BCUT2D eigenvalue weighted by molar-refractivity contribution is 9.10. The van der Waals surface area contributed by atoms with Crippen molar-refractivity contribution >= 4 is 22.0 Å².